The van der Waals surface area contributed by atoms with E-state index in [4.69, 9.17) is 5.73 Å². The first-order chi connectivity index (χ1) is 7.18. The second-order valence-electron chi connectivity index (χ2n) is 3.38. The topological polar surface area (TPSA) is 72.1 Å². The first-order valence-electron chi connectivity index (χ1n) is 4.62. The van der Waals surface area contributed by atoms with E-state index in [2.05, 4.69) is 10.2 Å². The van der Waals surface area contributed by atoms with E-state index in [1.54, 1.807) is 4.90 Å². The van der Waals surface area contributed by atoms with Gasteiger partial charge in [0.1, 0.15) is 0 Å². The summed E-state index contributed by atoms with van der Waals surface area (Å²) in [6.07, 6.45) is 1.06. The Bertz CT molecular complexity index is 361. The number of hydrogen-bond donors (Lipinski definition) is 1. The molecule has 1 amide bonds. The Labute approximate surface area is 96.0 Å². The van der Waals surface area contributed by atoms with Gasteiger partial charge in [-0.15, -0.1) is 10.2 Å². The number of nitrogens with zero attached hydrogens (tertiary/aromatic N) is 3. The molecule has 2 rings (SSSR count). The van der Waals surface area contributed by atoms with Crippen molar-refractivity contribution in [3.8, 4) is 0 Å². The molecule has 0 bridgehead atoms. The lowest BCUT2D eigenvalue weighted by Crippen LogP contribution is -2.36. The van der Waals surface area contributed by atoms with Crippen LogP contribution in [0, 0.1) is 0 Å². The van der Waals surface area contributed by atoms with Crippen molar-refractivity contribution in [1.82, 2.24) is 15.1 Å². The zero-order chi connectivity index (χ0) is 10.8. The fraction of sp³-hybridized carbons (Fsp3) is 0.625. The van der Waals surface area contributed by atoms with Gasteiger partial charge >= 0.3 is 0 Å². The molecule has 2 N–H and O–H groups in total. The third kappa shape index (κ3) is 2.23. The van der Waals surface area contributed by atoms with Gasteiger partial charge in [0.05, 0.1) is 0 Å². The lowest BCUT2D eigenvalue weighted by molar-refractivity contribution is 0.0746. The standard InChI is InChI=1S/C8H12N4OS2/c1-12(5-2-3-14-4-5)7(13)6-10-11-8(9)15-6/h5H,2-4H2,1H3,(H2,9,11). The molecule has 2 heterocycles. The van der Waals surface area contributed by atoms with E-state index in [-0.39, 0.29) is 5.91 Å². The zero-order valence-corrected chi connectivity index (χ0v) is 9.98. The lowest BCUT2D eigenvalue weighted by atomic mass is 10.2. The van der Waals surface area contributed by atoms with Crippen LogP contribution in [0.4, 0.5) is 5.13 Å². The minimum absolute atomic E-state index is 0.0725. The van der Waals surface area contributed by atoms with Crippen molar-refractivity contribution in [3.05, 3.63) is 5.01 Å². The molecule has 0 aromatic carbocycles. The molecule has 0 saturated carbocycles. The van der Waals surface area contributed by atoms with E-state index < -0.39 is 0 Å². The number of nitrogens with two attached hydrogens (primary N) is 1. The summed E-state index contributed by atoms with van der Waals surface area (Å²) in [6, 6.07) is 0.327. The number of aromatic nitrogens is 2. The smallest absolute Gasteiger partial charge is 0.284 e. The molecule has 5 nitrogen and oxygen atoms in total. The van der Waals surface area contributed by atoms with Crippen LogP contribution in [0.3, 0.4) is 0 Å². The highest BCUT2D eigenvalue weighted by Crippen LogP contribution is 2.23. The van der Waals surface area contributed by atoms with Crippen molar-refractivity contribution in [2.75, 3.05) is 24.3 Å². The lowest BCUT2D eigenvalue weighted by Gasteiger charge is -2.22. The molecule has 1 unspecified atom stereocenters. The summed E-state index contributed by atoms with van der Waals surface area (Å²) in [5.74, 6) is 2.06. The normalized spacial score (nSPS) is 20.5. The minimum atomic E-state index is -0.0725. The Hall–Kier alpha value is -0.820. The third-order valence-corrected chi connectivity index (χ3v) is 4.28. The molecule has 1 atom stereocenters. The Morgan fingerprint density at radius 3 is 2.93 bits per heavy atom. The van der Waals surface area contributed by atoms with Crippen LogP contribution in [-0.4, -0.2) is 45.6 Å². The third-order valence-electron chi connectivity index (χ3n) is 2.40. The number of anilines is 1. The minimum Gasteiger partial charge on any atom is -0.374 e. The number of nitrogen functional groups attached to an aromatic ring is 1. The Morgan fingerprint density at radius 2 is 2.40 bits per heavy atom. The molecule has 0 spiro atoms. The molecular weight excluding hydrogens is 232 g/mol. The summed E-state index contributed by atoms with van der Waals surface area (Å²) in [7, 11) is 1.82. The largest absolute Gasteiger partial charge is 0.374 e. The number of carbonyl (C=O) groups excluding carboxylic acids is 1. The van der Waals surface area contributed by atoms with Gasteiger partial charge in [0.2, 0.25) is 10.1 Å². The first kappa shape index (κ1) is 10.7. The van der Waals surface area contributed by atoms with E-state index in [0.29, 0.717) is 16.2 Å². The molecule has 0 aliphatic carbocycles. The van der Waals surface area contributed by atoms with Crippen LogP contribution in [0.15, 0.2) is 0 Å². The Balaban J connectivity index is 2.06. The van der Waals surface area contributed by atoms with Crippen LogP contribution in [0.2, 0.25) is 0 Å². The van der Waals surface area contributed by atoms with Crippen LogP contribution in [0.5, 0.6) is 0 Å². The van der Waals surface area contributed by atoms with Gasteiger partial charge in [0.15, 0.2) is 0 Å². The van der Waals surface area contributed by atoms with E-state index in [1.165, 1.54) is 0 Å². The molecule has 1 fully saturated rings. The monoisotopic (exact) mass is 244 g/mol. The van der Waals surface area contributed by atoms with Gasteiger partial charge in [0.25, 0.3) is 5.91 Å². The quantitative estimate of drug-likeness (QED) is 0.829. The zero-order valence-electron chi connectivity index (χ0n) is 8.34. The predicted molar refractivity (Wildman–Crippen MR) is 62.1 cm³/mol. The van der Waals surface area contributed by atoms with Crippen molar-refractivity contribution in [2.24, 2.45) is 0 Å². The highest BCUT2D eigenvalue weighted by molar-refractivity contribution is 7.99. The van der Waals surface area contributed by atoms with Crippen molar-refractivity contribution in [2.45, 2.75) is 12.5 Å². The van der Waals surface area contributed by atoms with Gasteiger partial charge in [-0.1, -0.05) is 11.3 Å². The summed E-state index contributed by atoms with van der Waals surface area (Å²) in [5, 5.41) is 8.12. The highest BCUT2D eigenvalue weighted by atomic mass is 32.2. The van der Waals surface area contributed by atoms with Crippen molar-refractivity contribution >= 4 is 34.1 Å². The van der Waals surface area contributed by atoms with E-state index in [0.717, 1.165) is 29.3 Å². The molecule has 82 valence electrons. The molecular formula is C8H12N4OS2. The van der Waals surface area contributed by atoms with Gasteiger partial charge in [0, 0.05) is 18.8 Å². The number of amides is 1. The predicted octanol–water partition coefficient (Wildman–Crippen LogP) is 0.698. The van der Waals surface area contributed by atoms with Gasteiger partial charge < -0.3 is 10.6 Å². The Morgan fingerprint density at radius 1 is 1.60 bits per heavy atom. The van der Waals surface area contributed by atoms with Crippen molar-refractivity contribution in [1.29, 1.82) is 0 Å². The second kappa shape index (κ2) is 4.36. The first-order valence-corrected chi connectivity index (χ1v) is 6.59. The van der Waals surface area contributed by atoms with Gasteiger partial charge in [-0.25, -0.2) is 0 Å². The summed E-state index contributed by atoms with van der Waals surface area (Å²) in [5.41, 5.74) is 5.44. The van der Waals surface area contributed by atoms with Crippen LogP contribution in [0.1, 0.15) is 16.2 Å². The molecule has 1 aromatic heterocycles. The SMILES string of the molecule is CN(C(=O)c1nnc(N)s1)C1CCSC1. The average Bonchev–Trinajstić information content (AvgIpc) is 2.85. The maximum atomic E-state index is 11.9. The van der Waals surface area contributed by atoms with Crippen LogP contribution >= 0.6 is 23.1 Å². The highest BCUT2D eigenvalue weighted by Gasteiger charge is 2.26. The molecule has 15 heavy (non-hydrogen) atoms. The summed E-state index contributed by atoms with van der Waals surface area (Å²) in [4.78, 5) is 13.7. The van der Waals surface area contributed by atoms with E-state index >= 15 is 0 Å². The second-order valence-corrected chi connectivity index (χ2v) is 5.54. The number of hydrogen-bond acceptors (Lipinski definition) is 6. The summed E-state index contributed by atoms with van der Waals surface area (Å²) < 4.78 is 0. The van der Waals surface area contributed by atoms with Crippen molar-refractivity contribution < 1.29 is 4.79 Å². The fourth-order valence-corrected chi connectivity index (χ4v) is 3.33. The van der Waals surface area contributed by atoms with E-state index in [9.17, 15) is 4.79 Å². The molecule has 7 heteroatoms. The molecule has 1 aromatic rings. The van der Waals surface area contributed by atoms with Gasteiger partial charge in [-0.05, 0) is 12.2 Å². The van der Waals surface area contributed by atoms with Crippen LogP contribution in [0.25, 0.3) is 0 Å². The summed E-state index contributed by atoms with van der Waals surface area (Å²) >= 11 is 3.02. The molecule has 1 aliphatic heterocycles. The number of thioether (sulfide) groups is 1. The fourth-order valence-electron chi connectivity index (χ4n) is 1.47. The average molecular weight is 244 g/mol. The van der Waals surface area contributed by atoms with Crippen molar-refractivity contribution in [3.63, 3.8) is 0 Å². The summed E-state index contributed by atoms with van der Waals surface area (Å²) in [6.45, 7) is 0. The van der Waals surface area contributed by atoms with Crippen LogP contribution in [-0.2, 0) is 0 Å². The Kier molecular flexibility index (Phi) is 3.11. The number of rotatable bonds is 2. The van der Waals surface area contributed by atoms with Gasteiger partial charge in [-0.3, -0.25) is 4.79 Å². The maximum absolute atomic E-state index is 11.9. The number of carbonyl (C=O) groups is 1. The molecule has 0 radical (unpaired) electrons. The molecule has 1 saturated heterocycles. The maximum Gasteiger partial charge on any atom is 0.284 e. The van der Waals surface area contributed by atoms with Crippen LogP contribution < -0.4 is 5.73 Å². The molecule has 1 aliphatic rings. The van der Waals surface area contributed by atoms with E-state index in [1.807, 2.05) is 18.8 Å². The van der Waals surface area contributed by atoms with Gasteiger partial charge in [-0.2, -0.15) is 11.8 Å².